The molecule has 0 aromatic rings. The Morgan fingerprint density at radius 3 is 1.57 bits per heavy atom. The first-order valence-electron chi connectivity index (χ1n) is 4.43. The maximum atomic E-state index is 11.4. The summed E-state index contributed by atoms with van der Waals surface area (Å²) in [5.41, 5.74) is 0. The Morgan fingerprint density at radius 2 is 1.36 bits per heavy atom. The van der Waals surface area contributed by atoms with E-state index < -0.39 is 5.77 Å². The summed E-state index contributed by atoms with van der Waals surface area (Å²) in [5, 5.41) is 0. The van der Waals surface area contributed by atoms with Crippen molar-refractivity contribution in [2.45, 2.75) is 27.7 Å². The molecular formula is C8H18NaO2PS2. The van der Waals surface area contributed by atoms with Crippen molar-refractivity contribution in [3.05, 3.63) is 0 Å². The van der Waals surface area contributed by atoms with Crippen LogP contribution in [0.4, 0.5) is 0 Å². The molecule has 0 aliphatic heterocycles. The third kappa shape index (κ3) is 12.0. The molecule has 0 saturated heterocycles. The molecule has 0 aromatic heterocycles. The first-order chi connectivity index (χ1) is 5.83. The monoisotopic (exact) mass is 264 g/mol. The smallest absolute Gasteiger partial charge is 0.784 e. The van der Waals surface area contributed by atoms with E-state index in [0.717, 1.165) is 22.8 Å². The second-order valence-corrected chi connectivity index (χ2v) is 11.0. The minimum atomic E-state index is -3.22. The van der Waals surface area contributed by atoms with Crippen LogP contribution < -0.4 is 34.5 Å². The Morgan fingerprint density at radius 1 is 1.07 bits per heavy atom. The first-order valence-corrected chi connectivity index (χ1v) is 9.24. The van der Waals surface area contributed by atoms with Gasteiger partial charge in [0, 0.05) is 11.5 Å². The van der Waals surface area contributed by atoms with Gasteiger partial charge in [-0.05, 0) is 11.8 Å². The zero-order valence-electron chi connectivity index (χ0n) is 9.65. The Labute approximate surface area is 118 Å². The van der Waals surface area contributed by atoms with Crippen LogP contribution in [0.3, 0.4) is 0 Å². The molecule has 0 aliphatic carbocycles. The predicted octanol–water partition coefficient (Wildman–Crippen LogP) is 0.237. The average Bonchev–Trinajstić information content (AvgIpc) is 1.98. The average molecular weight is 264 g/mol. The van der Waals surface area contributed by atoms with Crippen LogP contribution in [-0.4, -0.2) is 11.5 Å². The molecule has 0 amide bonds. The maximum absolute atomic E-state index is 11.4. The van der Waals surface area contributed by atoms with Gasteiger partial charge in [0.05, 0.1) is 0 Å². The molecule has 0 fully saturated rings. The van der Waals surface area contributed by atoms with E-state index in [4.69, 9.17) is 0 Å². The normalized spacial score (nSPS) is 11.9. The van der Waals surface area contributed by atoms with E-state index in [1.165, 1.54) is 0 Å². The van der Waals surface area contributed by atoms with Gasteiger partial charge in [-0.25, -0.2) is 0 Å². The Bertz CT molecular complexity index is 172. The molecule has 0 aromatic carbocycles. The van der Waals surface area contributed by atoms with Gasteiger partial charge in [0.25, 0.3) is 0 Å². The van der Waals surface area contributed by atoms with Crippen LogP contribution in [0.1, 0.15) is 27.7 Å². The molecule has 0 bridgehead atoms. The van der Waals surface area contributed by atoms with Gasteiger partial charge in [0.15, 0.2) is 0 Å². The van der Waals surface area contributed by atoms with Crippen LogP contribution in [0.5, 0.6) is 0 Å². The van der Waals surface area contributed by atoms with Gasteiger partial charge in [-0.3, -0.25) is 0 Å². The van der Waals surface area contributed by atoms with Crippen LogP contribution in [0, 0.1) is 11.8 Å². The number of rotatable bonds is 6. The van der Waals surface area contributed by atoms with Gasteiger partial charge in [0.1, 0.15) is 5.77 Å². The van der Waals surface area contributed by atoms with Crippen molar-refractivity contribution in [3.8, 4) is 0 Å². The second kappa shape index (κ2) is 8.98. The molecule has 0 spiro atoms. The van der Waals surface area contributed by atoms with Crippen molar-refractivity contribution in [2.75, 3.05) is 11.5 Å². The van der Waals surface area contributed by atoms with E-state index in [1.807, 2.05) is 27.7 Å². The van der Waals surface area contributed by atoms with Crippen molar-refractivity contribution < 1.29 is 39.0 Å². The second-order valence-electron chi connectivity index (χ2n) is 3.83. The van der Waals surface area contributed by atoms with Gasteiger partial charge in [-0.2, -0.15) is 0 Å². The molecule has 0 saturated carbocycles. The third-order valence-electron chi connectivity index (χ3n) is 1.13. The molecule has 0 N–H and O–H groups in total. The Hall–Kier alpha value is 1.89. The standard InChI is InChI=1S/C8H19O2PS2.Na/c1-7(2)5-12-11(9,10)13-6-8(3)4;/h7-8H,5-6H2,1-4H3,(H,9,10);/q;+1/p-1. The van der Waals surface area contributed by atoms with Crippen LogP contribution >= 0.6 is 28.5 Å². The van der Waals surface area contributed by atoms with E-state index in [1.54, 1.807) is 0 Å². The van der Waals surface area contributed by atoms with Gasteiger partial charge < -0.3 is 9.46 Å². The molecule has 0 aliphatic rings. The molecule has 2 nitrogen and oxygen atoms in total. The summed E-state index contributed by atoms with van der Waals surface area (Å²) in [6.45, 7) is 8.11. The molecule has 6 heteroatoms. The van der Waals surface area contributed by atoms with Gasteiger partial charge in [-0.15, -0.1) is 0 Å². The Balaban J connectivity index is 0. The van der Waals surface area contributed by atoms with Crippen LogP contribution in [0.2, 0.25) is 0 Å². The fourth-order valence-electron chi connectivity index (χ4n) is 0.518. The summed E-state index contributed by atoms with van der Waals surface area (Å²) in [6.07, 6.45) is 0. The fraction of sp³-hybridized carbons (Fsp3) is 1.00. The van der Waals surface area contributed by atoms with E-state index in [2.05, 4.69) is 0 Å². The van der Waals surface area contributed by atoms with E-state index in [9.17, 15) is 9.46 Å². The summed E-state index contributed by atoms with van der Waals surface area (Å²) in [5.74, 6) is -0.942. The maximum Gasteiger partial charge on any atom is 1.00 e. The van der Waals surface area contributed by atoms with E-state index in [-0.39, 0.29) is 29.6 Å². The minimum Gasteiger partial charge on any atom is -0.784 e. The van der Waals surface area contributed by atoms with Crippen molar-refractivity contribution in [1.29, 1.82) is 0 Å². The van der Waals surface area contributed by atoms with Gasteiger partial charge >= 0.3 is 29.6 Å². The summed E-state index contributed by atoms with van der Waals surface area (Å²) in [4.78, 5) is 11.4. The SMILES string of the molecule is CC(C)CSP(=O)([O-])SCC(C)C.[Na+]. The molecule has 0 rings (SSSR count). The fourth-order valence-corrected chi connectivity index (χ4v) is 6.43. The number of hydrogen-bond acceptors (Lipinski definition) is 4. The topological polar surface area (TPSA) is 40.1 Å². The molecule has 0 unspecified atom stereocenters. The van der Waals surface area contributed by atoms with Gasteiger partial charge in [0.2, 0.25) is 0 Å². The van der Waals surface area contributed by atoms with E-state index >= 15 is 0 Å². The van der Waals surface area contributed by atoms with Crippen LogP contribution in [0.25, 0.3) is 0 Å². The summed E-state index contributed by atoms with van der Waals surface area (Å²) in [6, 6.07) is 0. The number of hydrogen-bond donors (Lipinski definition) is 0. The zero-order chi connectivity index (χ0) is 10.5. The summed E-state index contributed by atoms with van der Waals surface area (Å²) < 4.78 is 11.4. The molecule has 14 heavy (non-hydrogen) atoms. The molecule has 0 atom stereocenters. The third-order valence-corrected chi connectivity index (χ3v) is 8.09. The van der Waals surface area contributed by atoms with Gasteiger partial charge in [-0.1, -0.05) is 50.5 Å². The molecule has 80 valence electrons. The van der Waals surface area contributed by atoms with Crippen molar-refractivity contribution in [2.24, 2.45) is 11.8 Å². The largest absolute Gasteiger partial charge is 1.00 e. The van der Waals surface area contributed by atoms with Crippen LogP contribution in [0.15, 0.2) is 0 Å². The quantitative estimate of drug-likeness (QED) is 0.509. The van der Waals surface area contributed by atoms with Crippen molar-refractivity contribution >= 4 is 28.5 Å². The molecule has 0 radical (unpaired) electrons. The van der Waals surface area contributed by atoms with Crippen LogP contribution in [-0.2, 0) is 4.57 Å². The molecular weight excluding hydrogens is 246 g/mol. The minimum absolute atomic E-state index is 0. The molecule has 0 heterocycles. The van der Waals surface area contributed by atoms with Crippen molar-refractivity contribution in [3.63, 3.8) is 0 Å². The van der Waals surface area contributed by atoms with Crippen molar-refractivity contribution in [1.82, 2.24) is 0 Å². The zero-order valence-corrected chi connectivity index (χ0v) is 14.2. The van der Waals surface area contributed by atoms with E-state index in [0.29, 0.717) is 23.3 Å². The Kier molecular flexibility index (Phi) is 11.7. The summed E-state index contributed by atoms with van der Waals surface area (Å²) in [7, 11) is 0. The first kappa shape index (κ1) is 18.3. The summed E-state index contributed by atoms with van der Waals surface area (Å²) >= 11 is 2.18. The predicted molar refractivity (Wildman–Crippen MR) is 62.2 cm³/mol.